The summed E-state index contributed by atoms with van der Waals surface area (Å²) in [7, 11) is 0. The average Bonchev–Trinajstić information content (AvgIpc) is 2.65. The van der Waals surface area contributed by atoms with E-state index in [1.165, 1.54) is 4.90 Å². The predicted molar refractivity (Wildman–Crippen MR) is 69.7 cm³/mol. The number of hydrogen-bond acceptors (Lipinski definition) is 3. The summed E-state index contributed by atoms with van der Waals surface area (Å²) in [5.41, 5.74) is 0.748. The van der Waals surface area contributed by atoms with Gasteiger partial charge >= 0.3 is 0 Å². The number of piperidine rings is 1. The summed E-state index contributed by atoms with van der Waals surface area (Å²) in [6.45, 7) is 7.79. The lowest BCUT2D eigenvalue weighted by Crippen LogP contribution is -2.45. The van der Waals surface area contributed by atoms with Gasteiger partial charge in [0.05, 0.1) is 12.5 Å². The van der Waals surface area contributed by atoms with Gasteiger partial charge in [-0.05, 0) is 45.7 Å². The molecular formula is C14H22N2O2. The molecule has 2 rings (SSSR count). The van der Waals surface area contributed by atoms with Gasteiger partial charge in [-0.3, -0.25) is 19.4 Å². The first-order valence-corrected chi connectivity index (χ1v) is 6.78. The second-order valence-electron chi connectivity index (χ2n) is 5.44. The van der Waals surface area contributed by atoms with E-state index in [2.05, 4.69) is 11.8 Å². The first-order valence-electron chi connectivity index (χ1n) is 6.78. The fourth-order valence-corrected chi connectivity index (χ4v) is 2.74. The van der Waals surface area contributed by atoms with E-state index in [0.29, 0.717) is 6.42 Å². The van der Waals surface area contributed by atoms with Gasteiger partial charge in [0.2, 0.25) is 5.91 Å². The normalized spacial score (nSPS) is 28.3. The molecule has 2 heterocycles. The van der Waals surface area contributed by atoms with E-state index in [0.717, 1.165) is 37.5 Å². The number of rotatable bonds is 2. The monoisotopic (exact) mass is 250 g/mol. The van der Waals surface area contributed by atoms with Crippen LogP contribution in [0.4, 0.5) is 0 Å². The Morgan fingerprint density at radius 3 is 2.44 bits per heavy atom. The van der Waals surface area contributed by atoms with Crippen LogP contribution in [0.25, 0.3) is 0 Å². The maximum Gasteiger partial charge on any atom is 0.251 e. The van der Waals surface area contributed by atoms with Crippen LogP contribution in [0.3, 0.4) is 0 Å². The molecule has 100 valence electrons. The van der Waals surface area contributed by atoms with Crippen molar-refractivity contribution < 1.29 is 9.59 Å². The largest absolute Gasteiger partial charge is 0.292 e. The van der Waals surface area contributed by atoms with Gasteiger partial charge in [0.1, 0.15) is 0 Å². The van der Waals surface area contributed by atoms with Gasteiger partial charge in [0.15, 0.2) is 0 Å². The summed E-state index contributed by atoms with van der Waals surface area (Å²) in [6, 6.07) is -0.222. The Labute approximate surface area is 109 Å². The molecule has 4 nitrogen and oxygen atoms in total. The van der Waals surface area contributed by atoms with E-state index in [-0.39, 0.29) is 17.9 Å². The van der Waals surface area contributed by atoms with Crippen molar-refractivity contribution in [1.82, 2.24) is 9.80 Å². The number of imide groups is 1. The molecule has 0 aromatic heterocycles. The van der Waals surface area contributed by atoms with Gasteiger partial charge in [-0.1, -0.05) is 13.0 Å². The molecule has 2 saturated heterocycles. The Balaban J connectivity index is 2.08. The van der Waals surface area contributed by atoms with E-state index < -0.39 is 0 Å². The second-order valence-corrected chi connectivity index (χ2v) is 5.44. The van der Waals surface area contributed by atoms with Crippen LogP contribution in [0.5, 0.6) is 0 Å². The first-order chi connectivity index (χ1) is 8.54. The summed E-state index contributed by atoms with van der Waals surface area (Å²) < 4.78 is 0. The van der Waals surface area contributed by atoms with Crippen LogP contribution in [0.2, 0.25) is 0 Å². The smallest absolute Gasteiger partial charge is 0.251 e. The number of hydrogen-bond donors (Lipinski definition) is 0. The topological polar surface area (TPSA) is 40.6 Å². The molecule has 0 spiro atoms. The van der Waals surface area contributed by atoms with Gasteiger partial charge in [-0.15, -0.1) is 0 Å². The fraction of sp³-hybridized carbons (Fsp3) is 0.714. The molecule has 1 atom stereocenters. The minimum atomic E-state index is -0.222. The number of amides is 2. The van der Waals surface area contributed by atoms with Crippen LogP contribution in [0.1, 0.15) is 40.0 Å². The molecule has 2 fully saturated rings. The van der Waals surface area contributed by atoms with Gasteiger partial charge < -0.3 is 0 Å². The van der Waals surface area contributed by atoms with E-state index >= 15 is 0 Å². The molecule has 2 aliphatic heterocycles. The van der Waals surface area contributed by atoms with Crippen LogP contribution in [0.15, 0.2) is 11.8 Å². The molecule has 0 aromatic carbocycles. The van der Waals surface area contributed by atoms with Crippen molar-refractivity contribution in [3.63, 3.8) is 0 Å². The van der Waals surface area contributed by atoms with E-state index in [1.807, 2.05) is 19.9 Å². The lowest BCUT2D eigenvalue weighted by atomic mass is 9.97. The molecule has 0 N–H and O–H groups in total. The van der Waals surface area contributed by atoms with Crippen molar-refractivity contribution in [1.29, 1.82) is 0 Å². The summed E-state index contributed by atoms with van der Waals surface area (Å²) >= 11 is 0. The van der Waals surface area contributed by atoms with Crippen LogP contribution in [-0.2, 0) is 9.59 Å². The number of likely N-dealkylation sites (tertiary alicyclic amines) is 2. The standard InChI is InChI=1S/C14H22N2O2/c1-4-11(3)16-13(17)9-12(14(16)18)15-7-5-10(2)6-8-15/h4,10,12H,5-9H2,1-3H3/b11-4+. The van der Waals surface area contributed by atoms with Crippen LogP contribution < -0.4 is 0 Å². The molecule has 0 aromatic rings. The molecule has 1 unspecified atom stereocenters. The van der Waals surface area contributed by atoms with E-state index in [4.69, 9.17) is 0 Å². The molecule has 0 bridgehead atoms. The molecule has 2 aliphatic rings. The highest BCUT2D eigenvalue weighted by molar-refractivity contribution is 6.07. The zero-order chi connectivity index (χ0) is 13.3. The van der Waals surface area contributed by atoms with Crippen LogP contribution in [-0.4, -0.2) is 40.7 Å². The zero-order valence-corrected chi connectivity index (χ0v) is 11.5. The molecule has 18 heavy (non-hydrogen) atoms. The van der Waals surface area contributed by atoms with Gasteiger partial charge in [0.25, 0.3) is 5.91 Å². The van der Waals surface area contributed by atoms with Crippen molar-refractivity contribution in [2.45, 2.75) is 46.1 Å². The molecule has 0 radical (unpaired) electrons. The maximum absolute atomic E-state index is 12.3. The Bertz CT molecular complexity index is 381. The molecule has 0 aliphatic carbocycles. The maximum atomic E-state index is 12.3. The number of nitrogens with zero attached hydrogens (tertiary/aromatic N) is 2. The minimum absolute atomic E-state index is 0.0369. The SMILES string of the molecule is C/C=C(\C)N1C(=O)CC(N2CCC(C)CC2)C1=O. The van der Waals surface area contributed by atoms with Crippen molar-refractivity contribution in [3.8, 4) is 0 Å². The number of carbonyl (C=O) groups is 2. The van der Waals surface area contributed by atoms with Crippen molar-refractivity contribution in [2.75, 3.05) is 13.1 Å². The number of carbonyl (C=O) groups excluding carboxylic acids is 2. The van der Waals surface area contributed by atoms with Crippen molar-refractivity contribution in [3.05, 3.63) is 11.8 Å². The highest BCUT2D eigenvalue weighted by Gasteiger charge is 2.42. The molecule has 2 amide bonds. The highest BCUT2D eigenvalue weighted by atomic mass is 16.2. The zero-order valence-electron chi connectivity index (χ0n) is 11.5. The Kier molecular flexibility index (Phi) is 3.85. The van der Waals surface area contributed by atoms with E-state index in [9.17, 15) is 9.59 Å². The van der Waals surface area contributed by atoms with E-state index in [1.54, 1.807) is 0 Å². The Morgan fingerprint density at radius 2 is 1.89 bits per heavy atom. The van der Waals surface area contributed by atoms with Crippen LogP contribution in [0, 0.1) is 5.92 Å². The first kappa shape index (κ1) is 13.3. The third kappa shape index (κ3) is 2.34. The fourth-order valence-electron chi connectivity index (χ4n) is 2.74. The van der Waals surface area contributed by atoms with Crippen molar-refractivity contribution >= 4 is 11.8 Å². The van der Waals surface area contributed by atoms with Crippen molar-refractivity contribution in [2.24, 2.45) is 5.92 Å². The Morgan fingerprint density at radius 1 is 1.28 bits per heavy atom. The third-order valence-corrected chi connectivity index (χ3v) is 4.15. The summed E-state index contributed by atoms with van der Waals surface area (Å²) in [4.78, 5) is 27.8. The minimum Gasteiger partial charge on any atom is -0.292 e. The lowest BCUT2D eigenvalue weighted by molar-refractivity contribution is -0.137. The Hall–Kier alpha value is -1.16. The quantitative estimate of drug-likeness (QED) is 0.701. The van der Waals surface area contributed by atoms with Gasteiger partial charge in [-0.25, -0.2) is 0 Å². The van der Waals surface area contributed by atoms with Gasteiger partial charge in [0, 0.05) is 5.70 Å². The molecular weight excluding hydrogens is 228 g/mol. The lowest BCUT2D eigenvalue weighted by Gasteiger charge is -2.33. The van der Waals surface area contributed by atoms with Crippen LogP contribution >= 0.6 is 0 Å². The number of allylic oxidation sites excluding steroid dienone is 2. The second kappa shape index (κ2) is 5.22. The highest BCUT2D eigenvalue weighted by Crippen LogP contribution is 2.26. The summed E-state index contributed by atoms with van der Waals surface area (Å²) in [5, 5.41) is 0. The predicted octanol–water partition coefficient (Wildman–Crippen LogP) is 1.77. The van der Waals surface area contributed by atoms with Gasteiger partial charge in [-0.2, -0.15) is 0 Å². The third-order valence-electron chi connectivity index (χ3n) is 4.15. The average molecular weight is 250 g/mol. The summed E-state index contributed by atoms with van der Waals surface area (Å²) in [5.74, 6) is 0.645. The summed E-state index contributed by atoms with van der Waals surface area (Å²) in [6.07, 6.45) is 4.41. The molecule has 0 saturated carbocycles. The molecule has 4 heteroatoms.